The number of rotatable bonds is 4. The minimum absolute atomic E-state index is 0. The van der Waals surface area contributed by atoms with Gasteiger partial charge in [-0.3, -0.25) is 9.79 Å². The fraction of sp³-hybridized carbons (Fsp3) is 0.529. The van der Waals surface area contributed by atoms with Crippen molar-refractivity contribution in [1.29, 1.82) is 0 Å². The van der Waals surface area contributed by atoms with Crippen LogP contribution in [0.3, 0.4) is 0 Å². The average molecular weight is 480 g/mol. The van der Waals surface area contributed by atoms with Gasteiger partial charge in [0.1, 0.15) is 0 Å². The van der Waals surface area contributed by atoms with E-state index in [-0.39, 0.29) is 29.9 Å². The van der Waals surface area contributed by atoms with Crippen LogP contribution in [0, 0.1) is 0 Å². The Bertz CT molecular complexity index is 588. The highest BCUT2D eigenvalue weighted by Gasteiger charge is 2.21. The van der Waals surface area contributed by atoms with Gasteiger partial charge in [0.25, 0.3) is 0 Å². The zero-order chi connectivity index (χ0) is 17.5. The quantitative estimate of drug-likeness (QED) is 0.408. The number of piperazine rings is 1. The fourth-order valence-electron chi connectivity index (χ4n) is 2.70. The molecule has 1 heterocycles. The van der Waals surface area contributed by atoms with Gasteiger partial charge in [-0.15, -0.1) is 24.0 Å². The maximum Gasteiger partial charge on any atom is 0.223 e. The average Bonchev–Trinajstić information content (AvgIpc) is 2.59. The van der Waals surface area contributed by atoms with Gasteiger partial charge in [0.05, 0.1) is 10.7 Å². The minimum Gasteiger partial charge on any atom is -0.367 e. The first-order chi connectivity index (χ1) is 11.5. The molecule has 1 aliphatic heterocycles. The summed E-state index contributed by atoms with van der Waals surface area (Å²) < 4.78 is 0. The van der Waals surface area contributed by atoms with Gasteiger partial charge in [0.2, 0.25) is 5.91 Å². The summed E-state index contributed by atoms with van der Waals surface area (Å²) in [6, 6.07) is 7.93. The summed E-state index contributed by atoms with van der Waals surface area (Å²) >= 11 is 6.28. The Morgan fingerprint density at radius 1 is 1.24 bits per heavy atom. The monoisotopic (exact) mass is 479 g/mol. The number of carbonyl (C=O) groups is 1. The lowest BCUT2D eigenvalue weighted by Gasteiger charge is -2.38. The van der Waals surface area contributed by atoms with E-state index < -0.39 is 0 Å². The number of aliphatic imine (C=N–C) groups is 1. The zero-order valence-corrected chi connectivity index (χ0v) is 18.1. The third kappa shape index (κ3) is 6.22. The number of para-hydroxylation sites is 1. The van der Waals surface area contributed by atoms with Crippen LogP contribution in [0.25, 0.3) is 0 Å². The smallest absolute Gasteiger partial charge is 0.223 e. The second-order valence-electron chi connectivity index (χ2n) is 5.94. The van der Waals surface area contributed by atoms with E-state index in [9.17, 15) is 4.79 Å². The summed E-state index contributed by atoms with van der Waals surface area (Å²) in [5, 5.41) is 4.06. The van der Waals surface area contributed by atoms with E-state index >= 15 is 0 Å². The number of amides is 1. The molecule has 1 amide bonds. The lowest BCUT2D eigenvalue weighted by Crippen LogP contribution is -2.53. The molecule has 2 rings (SSSR count). The molecule has 8 heteroatoms. The number of nitrogens with zero attached hydrogens (tertiary/aromatic N) is 4. The third-order valence-corrected chi connectivity index (χ3v) is 4.42. The van der Waals surface area contributed by atoms with Crippen molar-refractivity contribution in [3.8, 4) is 0 Å². The second kappa shape index (κ2) is 10.7. The summed E-state index contributed by atoms with van der Waals surface area (Å²) in [6.45, 7) is 4.11. The van der Waals surface area contributed by atoms with Crippen molar-refractivity contribution in [2.24, 2.45) is 4.99 Å². The largest absolute Gasteiger partial charge is 0.367 e. The SMILES string of the molecule is CN=C(NCCC(=O)N(C)C)N1CCN(c2ccccc2Cl)CC1.I. The van der Waals surface area contributed by atoms with Gasteiger partial charge in [0, 0.05) is 60.3 Å². The van der Waals surface area contributed by atoms with E-state index in [0.29, 0.717) is 13.0 Å². The van der Waals surface area contributed by atoms with Crippen molar-refractivity contribution >= 4 is 53.1 Å². The van der Waals surface area contributed by atoms with Crippen molar-refractivity contribution in [1.82, 2.24) is 15.1 Å². The molecule has 0 saturated carbocycles. The van der Waals surface area contributed by atoms with E-state index in [0.717, 1.165) is 42.8 Å². The second-order valence-corrected chi connectivity index (χ2v) is 6.34. The number of hydrogen-bond donors (Lipinski definition) is 1. The van der Waals surface area contributed by atoms with E-state index in [1.165, 1.54) is 0 Å². The van der Waals surface area contributed by atoms with Crippen LogP contribution in [0.1, 0.15) is 6.42 Å². The Morgan fingerprint density at radius 2 is 1.88 bits per heavy atom. The highest BCUT2D eigenvalue weighted by Crippen LogP contribution is 2.25. The predicted octanol–water partition coefficient (Wildman–Crippen LogP) is 2.13. The van der Waals surface area contributed by atoms with Gasteiger partial charge >= 0.3 is 0 Å². The molecule has 1 aromatic rings. The topological polar surface area (TPSA) is 51.2 Å². The number of nitrogens with one attached hydrogen (secondary N) is 1. The lowest BCUT2D eigenvalue weighted by molar-refractivity contribution is -0.128. The molecule has 140 valence electrons. The van der Waals surface area contributed by atoms with E-state index in [1.54, 1.807) is 26.0 Å². The van der Waals surface area contributed by atoms with Gasteiger partial charge in [0.15, 0.2) is 5.96 Å². The zero-order valence-electron chi connectivity index (χ0n) is 15.0. The Balaban J connectivity index is 0.00000312. The number of benzene rings is 1. The highest BCUT2D eigenvalue weighted by atomic mass is 127. The van der Waals surface area contributed by atoms with Gasteiger partial charge in [-0.1, -0.05) is 23.7 Å². The van der Waals surface area contributed by atoms with Crippen molar-refractivity contribution in [2.45, 2.75) is 6.42 Å². The van der Waals surface area contributed by atoms with Crippen LogP contribution in [0.4, 0.5) is 5.69 Å². The molecule has 1 aliphatic rings. The normalized spacial score (nSPS) is 14.8. The third-order valence-electron chi connectivity index (χ3n) is 4.10. The Morgan fingerprint density at radius 3 is 2.44 bits per heavy atom. The molecule has 25 heavy (non-hydrogen) atoms. The van der Waals surface area contributed by atoms with E-state index in [4.69, 9.17) is 11.6 Å². The van der Waals surface area contributed by atoms with Crippen LogP contribution >= 0.6 is 35.6 Å². The number of halogens is 2. The first kappa shape index (κ1) is 21.8. The first-order valence-corrected chi connectivity index (χ1v) is 8.56. The van der Waals surface area contributed by atoms with Crippen molar-refractivity contribution in [2.75, 3.05) is 58.8 Å². The predicted molar refractivity (Wildman–Crippen MR) is 115 cm³/mol. The van der Waals surface area contributed by atoms with E-state index in [2.05, 4.69) is 26.2 Å². The van der Waals surface area contributed by atoms with Crippen LogP contribution < -0.4 is 10.2 Å². The molecule has 1 N–H and O–H groups in total. The number of hydrogen-bond acceptors (Lipinski definition) is 3. The number of guanidine groups is 1. The van der Waals surface area contributed by atoms with Gasteiger partial charge in [-0.05, 0) is 12.1 Å². The Kier molecular flexibility index (Phi) is 9.34. The molecular weight excluding hydrogens is 453 g/mol. The van der Waals surface area contributed by atoms with Crippen molar-refractivity contribution in [3.05, 3.63) is 29.3 Å². The van der Waals surface area contributed by atoms with E-state index in [1.807, 2.05) is 18.2 Å². The van der Waals surface area contributed by atoms with Gasteiger partial charge in [-0.2, -0.15) is 0 Å². The molecule has 0 radical (unpaired) electrons. The van der Waals surface area contributed by atoms with Crippen LogP contribution in [-0.2, 0) is 4.79 Å². The molecule has 0 bridgehead atoms. The summed E-state index contributed by atoms with van der Waals surface area (Å²) in [6.07, 6.45) is 0.464. The molecule has 1 aromatic carbocycles. The lowest BCUT2D eigenvalue weighted by atomic mass is 10.2. The highest BCUT2D eigenvalue weighted by molar-refractivity contribution is 14.0. The molecule has 1 fully saturated rings. The first-order valence-electron chi connectivity index (χ1n) is 8.18. The summed E-state index contributed by atoms with van der Waals surface area (Å²) in [4.78, 5) is 22.1. The minimum atomic E-state index is 0. The molecule has 0 aliphatic carbocycles. The molecule has 0 aromatic heterocycles. The maximum atomic E-state index is 11.6. The van der Waals surface area contributed by atoms with Crippen LogP contribution in [0.15, 0.2) is 29.3 Å². The molecule has 0 unspecified atom stereocenters. The molecule has 0 atom stereocenters. The van der Waals surface area contributed by atoms with Crippen molar-refractivity contribution in [3.63, 3.8) is 0 Å². The standard InChI is InChI=1S/C17H26ClN5O.HI/c1-19-17(20-9-8-16(24)21(2)3)23-12-10-22(11-13-23)15-7-5-4-6-14(15)18;/h4-7H,8-13H2,1-3H3,(H,19,20);1H. The molecule has 6 nitrogen and oxygen atoms in total. The van der Waals surface area contributed by atoms with Crippen molar-refractivity contribution < 1.29 is 4.79 Å². The van der Waals surface area contributed by atoms with Crippen LogP contribution in [0.5, 0.6) is 0 Å². The van der Waals surface area contributed by atoms with Crippen LogP contribution in [-0.4, -0.2) is 75.5 Å². The number of anilines is 1. The van der Waals surface area contributed by atoms with Gasteiger partial charge in [-0.25, -0.2) is 0 Å². The van der Waals surface area contributed by atoms with Gasteiger partial charge < -0.3 is 20.0 Å². The molecular formula is C17H27ClIN5O. The van der Waals surface area contributed by atoms with Crippen LogP contribution in [0.2, 0.25) is 5.02 Å². The fourth-order valence-corrected chi connectivity index (χ4v) is 2.96. The Hall–Kier alpha value is -1.22. The molecule has 1 saturated heterocycles. The summed E-state index contributed by atoms with van der Waals surface area (Å²) in [5.74, 6) is 0.960. The number of carbonyl (C=O) groups excluding carboxylic acids is 1. The molecule has 0 spiro atoms. The summed E-state index contributed by atoms with van der Waals surface area (Å²) in [5.41, 5.74) is 1.08. The maximum absolute atomic E-state index is 11.6. The Labute approximate surface area is 172 Å². The summed E-state index contributed by atoms with van der Waals surface area (Å²) in [7, 11) is 5.31.